The Labute approximate surface area is 181 Å². The first-order valence-corrected chi connectivity index (χ1v) is 9.97. The van der Waals surface area contributed by atoms with Crippen LogP contribution in [0.3, 0.4) is 0 Å². The molecular weight excluding hydrogens is 408 g/mol. The average Bonchev–Trinajstić information content (AvgIpc) is 3.09. The quantitative estimate of drug-likeness (QED) is 0.253. The lowest BCUT2D eigenvalue weighted by molar-refractivity contribution is -0.385. The standard InChI is InChI=1S/C25H14N2O5/c28-26(29)15-9-11-18-17-5-1-2-6-19(17)25(22(18)13-15)20-7-3-4-8-23(20)32-24-14-16(27(30)31)10-12-21(24)25/h1-14H. The fourth-order valence-electron chi connectivity index (χ4n) is 5.11. The van der Waals surface area contributed by atoms with E-state index in [-0.39, 0.29) is 11.4 Å². The Morgan fingerprint density at radius 2 is 1.19 bits per heavy atom. The van der Waals surface area contributed by atoms with Crippen molar-refractivity contribution in [3.63, 3.8) is 0 Å². The largest absolute Gasteiger partial charge is 0.456 e. The molecule has 7 nitrogen and oxygen atoms in total. The van der Waals surface area contributed by atoms with E-state index >= 15 is 0 Å². The van der Waals surface area contributed by atoms with Gasteiger partial charge in [-0.1, -0.05) is 42.5 Å². The van der Waals surface area contributed by atoms with Gasteiger partial charge in [0.05, 0.1) is 21.3 Å². The molecule has 154 valence electrons. The van der Waals surface area contributed by atoms with E-state index in [0.29, 0.717) is 17.1 Å². The number of nitro groups is 2. The molecule has 1 aliphatic heterocycles. The molecule has 0 saturated carbocycles. The highest BCUT2D eigenvalue weighted by Crippen LogP contribution is 2.62. The predicted octanol–water partition coefficient (Wildman–Crippen LogP) is 5.97. The summed E-state index contributed by atoms with van der Waals surface area (Å²) in [5.41, 5.74) is 4.16. The second-order valence-electron chi connectivity index (χ2n) is 7.82. The first kappa shape index (κ1) is 18.3. The molecule has 1 heterocycles. The number of hydrogen-bond acceptors (Lipinski definition) is 5. The lowest BCUT2D eigenvalue weighted by Crippen LogP contribution is -2.32. The Bertz CT molecular complexity index is 1480. The molecule has 0 bridgehead atoms. The smallest absolute Gasteiger partial charge is 0.273 e. The van der Waals surface area contributed by atoms with Crippen LogP contribution in [0.1, 0.15) is 22.3 Å². The molecule has 1 atom stereocenters. The summed E-state index contributed by atoms with van der Waals surface area (Å²) in [5.74, 6) is 0.932. The van der Waals surface area contributed by atoms with Crippen LogP contribution in [-0.2, 0) is 5.41 Å². The maximum atomic E-state index is 11.7. The van der Waals surface area contributed by atoms with Gasteiger partial charge in [-0.2, -0.15) is 0 Å². The van der Waals surface area contributed by atoms with Crippen LogP contribution in [0.2, 0.25) is 0 Å². The fraction of sp³-hybridized carbons (Fsp3) is 0.0400. The van der Waals surface area contributed by atoms with E-state index in [1.54, 1.807) is 18.2 Å². The van der Waals surface area contributed by atoms with Crippen molar-refractivity contribution in [3.05, 3.63) is 127 Å². The van der Waals surface area contributed by atoms with Crippen LogP contribution in [0.4, 0.5) is 11.4 Å². The van der Waals surface area contributed by atoms with E-state index in [9.17, 15) is 20.2 Å². The van der Waals surface area contributed by atoms with E-state index in [1.807, 2.05) is 48.5 Å². The molecular formula is C25H14N2O5. The van der Waals surface area contributed by atoms with E-state index in [2.05, 4.69) is 0 Å². The summed E-state index contributed by atoms with van der Waals surface area (Å²) in [4.78, 5) is 22.2. The lowest BCUT2D eigenvalue weighted by Gasteiger charge is -2.39. The zero-order chi connectivity index (χ0) is 22.0. The third kappa shape index (κ3) is 2.19. The number of fused-ring (bicyclic) bond motifs is 9. The molecule has 0 amide bonds. The zero-order valence-electron chi connectivity index (χ0n) is 16.5. The summed E-state index contributed by atoms with van der Waals surface area (Å²) in [5, 5.41) is 23.1. The highest BCUT2D eigenvalue weighted by Gasteiger charge is 2.51. The Balaban J connectivity index is 1.80. The van der Waals surface area contributed by atoms with Gasteiger partial charge in [-0.3, -0.25) is 20.2 Å². The van der Waals surface area contributed by atoms with Crippen molar-refractivity contribution in [2.75, 3.05) is 0 Å². The molecule has 32 heavy (non-hydrogen) atoms. The molecule has 1 unspecified atom stereocenters. The molecule has 1 aliphatic carbocycles. The van der Waals surface area contributed by atoms with Gasteiger partial charge < -0.3 is 4.74 Å². The van der Waals surface area contributed by atoms with Gasteiger partial charge in [0.2, 0.25) is 0 Å². The van der Waals surface area contributed by atoms with Crippen molar-refractivity contribution in [1.29, 1.82) is 0 Å². The number of para-hydroxylation sites is 1. The minimum absolute atomic E-state index is 0.0108. The number of nitro benzene ring substituents is 2. The summed E-state index contributed by atoms with van der Waals surface area (Å²) in [7, 11) is 0. The molecule has 4 aromatic rings. The molecule has 6 rings (SSSR count). The van der Waals surface area contributed by atoms with E-state index in [4.69, 9.17) is 4.74 Å². The highest BCUT2D eigenvalue weighted by atomic mass is 16.6. The van der Waals surface area contributed by atoms with Gasteiger partial charge in [0.15, 0.2) is 0 Å². The lowest BCUT2D eigenvalue weighted by atomic mass is 9.66. The SMILES string of the molecule is O=[N+]([O-])c1ccc2c(c1)Oc1ccccc1C21c2ccccc2-c2ccc([N+](=O)[O-])cc21. The Kier molecular flexibility index (Phi) is 3.56. The first-order chi connectivity index (χ1) is 15.5. The Morgan fingerprint density at radius 3 is 1.97 bits per heavy atom. The van der Waals surface area contributed by atoms with Crippen LogP contribution in [-0.4, -0.2) is 9.85 Å². The summed E-state index contributed by atoms with van der Waals surface area (Å²) in [6.07, 6.45) is 0. The third-order valence-corrected chi connectivity index (χ3v) is 6.33. The van der Waals surface area contributed by atoms with Gasteiger partial charge in [0.1, 0.15) is 11.5 Å². The monoisotopic (exact) mass is 422 g/mol. The maximum absolute atomic E-state index is 11.7. The van der Waals surface area contributed by atoms with Crippen molar-refractivity contribution in [1.82, 2.24) is 0 Å². The van der Waals surface area contributed by atoms with Gasteiger partial charge in [-0.05, 0) is 40.5 Å². The molecule has 0 fully saturated rings. The van der Waals surface area contributed by atoms with Crippen molar-refractivity contribution >= 4 is 11.4 Å². The minimum atomic E-state index is -0.892. The van der Waals surface area contributed by atoms with Crippen molar-refractivity contribution in [2.24, 2.45) is 0 Å². The molecule has 0 saturated heterocycles. The van der Waals surface area contributed by atoms with E-state index in [0.717, 1.165) is 27.8 Å². The van der Waals surface area contributed by atoms with Crippen molar-refractivity contribution in [2.45, 2.75) is 5.41 Å². The third-order valence-electron chi connectivity index (χ3n) is 6.33. The minimum Gasteiger partial charge on any atom is -0.456 e. The van der Waals surface area contributed by atoms with Crippen LogP contribution in [0.15, 0.2) is 84.9 Å². The molecule has 1 spiro atoms. The van der Waals surface area contributed by atoms with Crippen LogP contribution in [0.5, 0.6) is 11.5 Å². The zero-order valence-corrected chi connectivity index (χ0v) is 16.5. The van der Waals surface area contributed by atoms with Crippen LogP contribution >= 0.6 is 0 Å². The summed E-state index contributed by atoms with van der Waals surface area (Å²) >= 11 is 0. The average molecular weight is 422 g/mol. The Hall–Kier alpha value is -4.52. The Morgan fingerprint density at radius 1 is 0.594 bits per heavy atom. The normalized spacial score (nSPS) is 17.0. The molecule has 7 heteroatoms. The maximum Gasteiger partial charge on any atom is 0.273 e. The van der Waals surface area contributed by atoms with Crippen LogP contribution in [0.25, 0.3) is 11.1 Å². The summed E-state index contributed by atoms with van der Waals surface area (Å²) < 4.78 is 6.12. The number of nitrogens with zero attached hydrogens (tertiary/aromatic N) is 2. The van der Waals surface area contributed by atoms with Crippen LogP contribution in [0, 0.1) is 20.2 Å². The predicted molar refractivity (Wildman–Crippen MR) is 117 cm³/mol. The topological polar surface area (TPSA) is 95.5 Å². The van der Waals surface area contributed by atoms with Gasteiger partial charge in [0, 0.05) is 29.3 Å². The van der Waals surface area contributed by atoms with Gasteiger partial charge in [0.25, 0.3) is 11.4 Å². The summed E-state index contributed by atoms with van der Waals surface area (Å²) in [6.45, 7) is 0. The molecule has 0 N–H and O–H groups in total. The van der Waals surface area contributed by atoms with Gasteiger partial charge in [-0.25, -0.2) is 0 Å². The second-order valence-corrected chi connectivity index (χ2v) is 7.82. The highest BCUT2D eigenvalue weighted by molar-refractivity contribution is 5.89. The first-order valence-electron chi connectivity index (χ1n) is 9.97. The second kappa shape index (κ2) is 6.24. The number of rotatable bonds is 2. The molecule has 4 aromatic carbocycles. The van der Waals surface area contributed by atoms with E-state index in [1.165, 1.54) is 18.2 Å². The summed E-state index contributed by atoms with van der Waals surface area (Å²) in [6, 6.07) is 24.9. The molecule has 0 radical (unpaired) electrons. The number of hydrogen-bond donors (Lipinski definition) is 0. The van der Waals surface area contributed by atoms with Crippen molar-refractivity contribution < 1.29 is 14.6 Å². The van der Waals surface area contributed by atoms with Gasteiger partial charge >= 0.3 is 0 Å². The van der Waals surface area contributed by atoms with E-state index < -0.39 is 15.3 Å². The van der Waals surface area contributed by atoms with Crippen LogP contribution < -0.4 is 4.74 Å². The number of non-ortho nitro benzene ring substituents is 2. The molecule has 0 aromatic heterocycles. The van der Waals surface area contributed by atoms with Gasteiger partial charge in [-0.15, -0.1) is 0 Å². The number of ether oxygens (including phenoxy) is 1. The fourth-order valence-corrected chi connectivity index (χ4v) is 5.11. The van der Waals surface area contributed by atoms with Crippen molar-refractivity contribution in [3.8, 4) is 22.6 Å². The number of benzene rings is 4. The molecule has 2 aliphatic rings.